The number of nitro groups is 1. The molecule has 1 aliphatic heterocycles. The normalized spacial score (nSPS) is 18.3. The average molecular weight is 311 g/mol. The first-order valence-electron chi connectivity index (χ1n) is 6.46. The summed E-state index contributed by atoms with van der Waals surface area (Å²) in [7, 11) is 0. The van der Waals surface area contributed by atoms with Crippen molar-refractivity contribution >= 4 is 34.1 Å². The van der Waals surface area contributed by atoms with Crippen LogP contribution in [-0.2, 0) is 0 Å². The molecule has 1 unspecified atom stereocenters. The molecule has 4 N–H and O–H groups in total. The summed E-state index contributed by atoms with van der Waals surface area (Å²) in [4.78, 5) is 24.0. The van der Waals surface area contributed by atoms with E-state index in [0.29, 0.717) is 31.1 Å². The lowest BCUT2D eigenvalue weighted by molar-refractivity contribution is -0.383. The molecule has 1 fully saturated rings. The monoisotopic (exact) mass is 311 g/mol. The van der Waals surface area contributed by atoms with Gasteiger partial charge in [0.05, 0.1) is 17.0 Å². The molecule has 0 radical (unpaired) electrons. The molecule has 1 aromatic rings. The van der Waals surface area contributed by atoms with Crippen molar-refractivity contribution in [2.45, 2.75) is 12.3 Å². The van der Waals surface area contributed by atoms with Crippen LogP contribution < -0.4 is 21.3 Å². The van der Waals surface area contributed by atoms with E-state index in [1.807, 2.05) is 11.8 Å². The molecule has 1 saturated heterocycles. The van der Waals surface area contributed by atoms with Crippen molar-refractivity contribution in [1.29, 1.82) is 0 Å². The van der Waals surface area contributed by atoms with Gasteiger partial charge in [-0.15, -0.1) is 0 Å². The highest BCUT2D eigenvalue weighted by Gasteiger charge is 2.26. The predicted octanol–water partition coefficient (Wildman–Crippen LogP) is 1.53. The van der Waals surface area contributed by atoms with Gasteiger partial charge in [0, 0.05) is 24.8 Å². The van der Waals surface area contributed by atoms with Crippen LogP contribution in [0.3, 0.4) is 0 Å². The van der Waals surface area contributed by atoms with Gasteiger partial charge in [0.1, 0.15) is 5.69 Å². The molecule has 0 aromatic heterocycles. The zero-order valence-electron chi connectivity index (χ0n) is 11.5. The van der Waals surface area contributed by atoms with E-state index >= 15 is 0 Å². The fourth-order valence-corrected chi connectivity index (χ4v) is 2.83. The average Bonchev–Trinajstić information content (AvgIpc) is 2.45. The minimum Gasteiger partial charge on any atom is -0.378 e. The number of nitrogens with one attached hydrogen (secondary N) is 2. The molecule has 1 atom stereocenters. The minimum atomic E-state index is -0.428. The standard InChI is InChI=1S/C12H17N5O3S/c1-8-16(7-15-12(18)21-8)9-2-3-10(14-5-4-13)11(6-9)17(19)20/h2-3,6,8,14H,4-5,7,13H2,1H3,(H,15,18). The summed E-state index contributed by atoms with van der Waals surface area (Å²) in [6, 6.07) is 4.96. The second-order valence-electron chi connectivity index (χ2n) is 4.48. The first kappa shape index (κ1) is 15.4. The van der Waals surface area contributed by atoms with Gasteiger partial charge in [-0.05, 0) is 30.8 Å². The number of hydrogen-bond acceptors (Lipinski definition) is 7. The molecule has 114 valence electrons. The Kier molecular flexibility index (Phi) is 4.86. The van der Waals surface area contributed by atoms with E-state index in [9.17, 15) is 14.9 Å². The van der Waals surface area contributed by atoms with Gasteiger partial charge < -0.3 is 21.3 Å². The lowest BCUT2D eigenvalue weighted by Gasteiger charge is -2.34. The minimum absolute atomic E-state index is 0.00458. The quantitative estimate of drug-likeness (QED) is 0.558. The number of benzene rings is 1. The van der Waals surface area contributed by atoms with Crippen molar-refractivity contribution in [3.8, 4) is 0 Å². The van der Waals surface area contributed by atoms with Crippen LogP contribution in [0.5, 0.6) is 0 Å². The molecule has 0 spiro atoms. The number of hydrogen-bond donors (Lipinski definition) is 3. The van der Waals surface area contributed by atoms with Crippen LogP contribution in [0.25, 0.3) is 0 Å². The second kappa shape index (κ2) is 6.64. The van der Waals surface area contributed by atoms with Gasteiger partial charge in [0.25, 0.3) is 10.9 Å². The van der Waals surface area contributed by atoms with Gasteiger partial charge in [0.15, 0.2) is 0 Å². The van der Waals surface area contributed by atoms with Crippen LogP contribution in [0.4, 0.5) is 21.9 Å². The number of anilines is 2. The summed E-state index contributed by atoms with van der Waals surface area (Å²) >= 11 is 1.15. The number of thioether (sulfide) groups is 1. The van der Waals surface area contributed by atoms with Gasteiger partial charge in [-0.3, -0.25) is 14.9 Å². The summed E-state index contributed by atoms with van der Waals surface area (Å²) in [5.41, 5.74) is 6.53. The van der Waals surface area contributed by atoms with Gasteiger partial charge >= 0.3 is 0 Å². The highest BCUT2D eigenvalue weighted by atomic mass is 32.2. The van der Waals surface area contributed by atoms with Crippen LogP contribution in [0.15, 0.2) is 18.2 Å². The predicted molar refractivity (Wildman–Crippen MR) is 83.6 cm³/mol. The fourth-order valence-electron chi connectivity index (χ4n) is 2.05. The molecule has 21 heavy (non-hydrogen) atoms. The van der Waals surface area contributed by atoms with Crippen molar-refractivity contribution in [3.63, 3.8) is 0 Å². The molecule has 8 nitrogen and oxygen atoms in total. The van der Waals surface area contributed by atoms with Crippen molar-refractivity contribution in [3.05, 3.63) is 28.3 Å². The molecule has 1 aromatic carbocycles. The Balaban J connectivity index is 2.27. The van der Waals surface area contributed by atoms with E-state index in [-0.39, 0.29) is 16.3 Å². The fraction of sp³-hybridized carbons (Fsp3) is 0.417. The van der Waals surface area contributed by atoms with E-state index < -0.39 is 4.92 Å². The maximum Gasteiger partial charge on any atom is 0.294 e. The molecular formula is C12H17N5O3S. The summed E-state index contributed by atoms with van der Waals surface area (Å²) in [5.74, 6) is 0. The first-order chi connectivity index (χ1) is 10.0. The number of amides is 1. The van der Waals surface area contributed by atoms with Gasteiger partial charge in [0.2, 0.25) is 0 Å². The molecule has 1 aliphatic rings. The molecule has 0 bridgehead atoms. The Labute approximate surface area is 126 Å². The van der Waals surface area contributed by atoms with E-state index in [1.54, 1.807) is 12.1 Å². The lowest BCUT2D eigenvalue weighted by atomic mass is 10.2. The van der Waals surface area contributed by atoms with Gasteiger partial charge in [-0.25, -0.2) is 0 Å². The summed E-state index contributed by atoms with van der Waals surface area (Å²) in [5, 5.41) is 16.7. The smallest absolute Gasteiger partial charge is 0.294 e. The Morgan fingerprint density at radius 2 is 2.38 bits per heavy atom. The third-order valence-corrected chi connectivity index (χ3v) is 4.03. The Morgan fingerprint density at radius 1 is 1.62 bits per heavy atom. The number of nitrogens with two attached hydrogens (primary N) is 1. The zero-order valence-corrected chi connectivity index (χ0v) is 12.4. The Morgan fingerprint density at radius 3 is 3.00 bits per heavy atom. The SMILES string of the molecule is CC1SC(=O)NCN1c1ccc(NCCN)c([N+](=O)[O-])c1. The number of rotatable bonds is 5. The highest BCUT2D eigenvalue weighted by Crippen LogP contribution is 2.33. The van der Waals surface area contributed by atoms with Gasteiger partial charge in [-0.2, -0.15) is 0 Å². The largest absolute Gasteiger partial charge is 0.378 e. The van der Waals surface area contributed by atoms with E-state index in [4.69, 9.17) is 5.73 Å². The van der Waals surface area contributed by atoms with Crippen LogP contribution in [0, 0.1) is 10.1 Å². The van der Waals surface area contributed by atoms with E-state index in [2.05, 4.69) is 10.6 Å². The molecular weight excluding hydrogens is 294 g/mol. The van der Waals surface area contributed by atoms with Crippen LogP contribution in [0.2, 0.25) is 0 Å². The Hall–Kier alpha value is -2.00. The van der Waals surface area contributed by atoms with Crippen LogP contribution >= 0.6 is 11.8 Å². The summed E-state index contributed by atoms with van der Waals surface area (Å²) in [6.45, 7) is 3.08. The molecule has 1 heterocycles. The Bertz CT molecular complexity index is 554. The molecule has 9 heteroatoms. The molecule has 0 aliphatic carbocycles. The maximum atomic E-state index is 11.3. The van der Waals surface area contributed by atoms with Crippen molar-refractivity contribution in [2.24, 2.45) is 5.73 Å². The topological polar surface area (TPSA) is 114 Å². The lowest BCUT2D eigenvalue weighted by Crippen LogP contribution is -2.46. The van der Waals surface area contributed by atoms with Crippen molar-refractivity contribution in [2.75, 3.05) is 30.0 Å². The van der Waals surface area contributed by atoms with E-state index in [1.165, 1.54) is 6.07 Å². The number of nitrogens with zero attached hydrogens (tertiary/aromatic N) is 2. The maximum absolute atomic E-state index is 11.3. The summed E-state index contributed by atoms with van der Waals surface area (Å²) < 4.78 is 0. The molecule has 0 saturated carbocycles. The second-order valence-corrected chi connectivity index (χ2v) is 5.77. The molecule has 1 amide bonds. The zero-order chi connectivity index (χ0) is 15.4. The number of nitro benzene ring substituents is 1. The van der Waals surface area contributed by atoms with Crippen molar-refractivity contribution < 1.29 is 9.72 Å². The van der Waals surface area contributed by atoms with Crippen LogP contribution in [0.1, 0.15) is 6.92 Å². The first-order valence-corrected chi connectivity index (χ1v) is 7.34. The highest BCUT2D eigenvalue weighted by molar-refractivity contribution is 8.14. The van der Waals surface area contributed by atoms with Gasteiger partial charge in [-0.1, -0.05) is 0 Å². The number of carbonyl (C=O) groups excluding carboxylic acids is 1. The summed E-state index contributed by atoms with van der Waals surface area (Å²) in [6.07, 6.45) is 0. The van der Waals surface area contributed by atoms with Crippen LogP contribution in [-0.4, -0.2) is 35.3 Å². The number of carbonyl (C=O) groups is 1. The third kappa shape index (κ3) is 3.56. The molecule has 2 rings (SSSR count). The van der Waals surface area contributed by atoms with Crippen molar-refractivity contribution in [1.82, 2.24) is 5.32 Å². The van der Waals surface area contributed by atoms with E-state index in [0.717, 1.165) is 11.8 Å². The third-order valence-electron chi connectivity index (χ3n) is 3.08.